The van der Waals surface area contributed by atoms with E-state index in [4.69, 9.17) is 0 Å². The van der Waals surface area contributed by atoms with Crippen molar-refractivity contribution in [3.05, 3.63) is 40.2 Å². The Bertz CT molecular complexity index is 505. The molecule has 0 fully saturated rings. The summed E-state index contributed by atoms with van der Waals surface area (Å²) < 4.78 is 25.8. The molecule has 2 aromatic rings. The van der Waals surface area contributed by atoms with Crippen LogP contribution in [0, 0.1) is 11.6 Å². The van der Waals surface area contributed by atoms with Crippen LogP contribution >= 0.6 is 11.3 Å². The second-order valence-corrected chi connectivity index (χ2v) is 4.74. The van der Waals surface area contributed by atoms with E-state index >= 15 is 0 Å². The topological polar surface area (TPSA) is 12.9 Å². The van der Waals surface area contributed by atoms with E-state index in [0.717, 1.165) is 11.1 Å². The van der Waals surface area contributed by atoms with Gasteiger partial charge in [0.2, 0.25) is 0 Å². The molecule has 0 saturated carbocycles. The van der Waals surface area contributed by atoms with Crippen molar-refractivity contribution in [3.63, 3.8) is 0 Å². The lowest BCUT2D eigenvalue weighted by Gasteiger charge is -1.99. The summed E-state index contributed by atoms with van der Waals surface area (Å²) in [7, 11) is 0. The van der Waals surface area contributed by atoms with Crippen molar-refractivity contribution in [1.29, 1.82) is 0 Å². The normalized spacial score (nSPS) is 11.1. The van der Waals surface area contributed by atoms with E-state index in [9.17, 15) is 8.78 Å². The zero-order valence-electron chi connectivity index (χ0n) is 9.00. The third kappa shape index (κ3) is 2.11. The number of nitrogens with zero attached hydrogens (tertiary/aromatic N) is 1. The summed E-state index contributed by atoms with van der Waals surface area (Å²) in [6.07, 6.45) is 0. The molecule has 1 nitrogen and oxygen atoms in total. The molecule has 0 amide bonds. The van der Waals surface area contributed by atoms with Crippen molar-refractivity contribution in [1.82, 2.24) is 4.98 Å². The first-order valence-corrected chi connectivity index (χ1v) is 5.86. The monoisotopic (exact) mass is 239 g/mol. The molecule has 0 aliphatic carbocycles. The number of halogens is 2. The van der Waals surface area contributed by atoms with Crippen molar-refractivity contribution in [2.75, 3.05) is 0 Å². The first kappa shape index (κ1) is 11.2. The molecule has 1 aromatic heterocycles. The van der Waals surface area contributed by atoms with Crippen LogP contribution in [0.1, 0.15) is 24.8 Å². The van der Waals surface area contributed by atoms with Crippen molar-refractivity contribution >= 4 is 11.3 Å². The van der Waals surface area contributed by atoms with Crippen LogP contribution in [-0.2, 0) is 0 Å². The molecule has 2 rings (SSSR count). The van der Waals surface area contributed by atoms with Crippen molar-refractivity contribution in [2.24, 2.45) is 0 Å². The Kier molecular flexibility index (Phi) is 3.01. The minimum Gasteiger partial charge on any atom is -0.241 e. The van der Waals surface area contributed by atoms with Crippen LogP contribution in [-0.4, -0.2) is 4.98 Å². The molecule has 0 bridgehead atoms. The van der Waals surface area contributed by atoms with E-state index in [0.29, 0.717) is 17.2 Å². The zero-order valence-corrected chi connectivity index (χ0v) is 9.81. The summed E-state index contributed by atoms with van der Waals surface area (Å²) in [6.45, 7) is 4.10. The first-order valence-electron chi connectivity index (χ1n) is 4.99. The van der Waals surface area contributed by atoms with Crippen molar-refractivity contribution in [3.8, 4) is 11.3 Å². The highest BCUT2D eigenvalue weighted by Crippen LogP contribution is 2.26. The lowest BCUT2D eigenvalue weighted by Crippen LogP contribution is -1.88. The van der Waals surface area contributed by atoms with Gasteiger partial charge in [-0.25, -0.2) is 13.8 Å². The van der Waals surface area contributed by atoms with Crippen LogP contribution in [0.15, 0.2) is 23.6 Å². The molecular formula is C12H11F2NS. The fourth-order valence-electron chi connectivity index (χ4n) is 1.34. The maximum absolute atomic E-state index is 13.0. The minimum absolute atomic E-state index is 0.351. The van der Waals surface area contributed by atoms with Crippen LogP contribution in [0.4, 0.5) is 8.78 Å². The summed E-state index contributed by atoms with van der Waals surface area (Å²) in [6, 6.07) is 3.84. The molecule has 4 heteroatoms. The molecule has 0 aliphatic heterocycles. The predicted molar refractivity (Wildman–Crippen MR) is 61.6 cm³/mol. The molecule has 16 heavy (non-hydrogen) atoms. The summed E-state index contributed by atoms with van der Waals surface area (Å²) in [5, 5.41) is 2.86. The highest BCUT2D eigenvalue weighted by Gasteiger charge is 2.09. The molecular weight excluding hydrogens is 228 g/mol. The van der Waals surface area contributed by atoms with Gasteiger partial charge in [-0.15, -0.1) is 11.3 Å². The molecule has 1 aromatic carbocycles. The molecule has 0 N–H and O–H groups in total. The van der Waals surface area contributed by atoms with E-state index in [1.807, 2.05) is 19.2 Å². The SMILES string of the molecule is CC(C)c1nc(-c2ccc(F)c(F)c2)cs1. The van der Waals surface area contributed by atoms with Gasteiger partial charge in [-0.3, -0.25) is 0 Å². The van der Waals surface area contributed by atoms with Gasteiger partial charge < -0.3 is 0 Å². The number of aromatic nitrogens is 1. The first-order chi connectivity index (χ1) is 7.58. The summed E-state index contributed by atoms with van der Waals surface area (Å²) >= 11 is 1.54. The van der Waals surface area contributed by atoms with Gasteiger partial charge in [0.05, 0.1) is 10.7 Å². The molecule has 0 aliphatic rings. The Morgan fingerprint density at radius 3 is 2.50 bits per heavy atom. The van der Waals surface area contributed by atoms with Gasteiger partial charge >= 0.3 is 0 Å². The Morgan fingerprint density at radius 2 is 1.94 bits per heavy atom. The Hall–Kier alpha value is -1.29. The number of rotatable bonds is 2. The predicted octanol–water partition coefficient (Wildman–Crippen LogP) is 4.21. The lowest BCUT2D eigenvalue weighted by atomic mass is 10.1. The zero-order chi connectivity index (χ0) is 11.7. The molecule has 84 valence electrons. The second-order valence-electron chi connectivity index (χ2n) is 3.85. The highest BCUT2D eigenvalue weighted by atomic mass is 32.1. The van der Waals surface area contributed by atoms with Crippen LogP contribution in [0.3, 0.4) is 0 Å². The average Bonchev–Trinajstić information content (AvgIpc) is 2.71. The van der Waals surface area contributed by atoms with E-state index in [1.165, 1.54) is 23.5 Å². The number of hydrogen-bond acceptors (Lipinski definition) is 2. The van der Waals surface area contributed by atoms with Gasteiger partial charge in [0.1, 0.15) is 0 Å². The lowest BCUT2D eigenvalue weighted by molar-refractivity contribution is 0.509. The number of hydrogen-bond donors (Lipinski definition) is 0. The van der Waals surface area contributed by atoms with Crippen LogP contribution in [0.2, 0.25) is 0 Å². The standard InChI is InChI=1S/C12H11F2NS/c1-7(2)12-15-11(6-16-12)8-3-4-9(13)10(14)5-8/h3-7H,1-2H3. The van der Waals surface area contributed by atoms with Gasteiger partial charge in [-0.1, -0.05) is 13.8 Å². The van der Waals surface area contributed by atoms with Gasteiger partial charge in [-0.05, 0) is 18.2 Å². The highest BCUT2D eigenvalue weighted by molar-refractivity contribution is 7.10. The maximum atomic E-state index is 13.0. The maximum Gasteiger partial charge on any atom is 0.159 e. The van der Waals surface area contributed by atoms with E-state index in [-0.39, 0.29) is 0 Å². The van der Waals surface area contributed by atoms with Gasteiger partial charge in [-0.2, -0.15) is 0 Å². The third-order valence-corrected chi connectivity index (χ3v) is 3.38. The van der Waals surface area contributed by atoms with Gasteiger partial charge in [0, 0.05) is 16.9 Å². The van der Waals surface area contributed by atoms with E-state index < -0.39 is 11.6 Å². The smallest absolute Gasteiger partial charge is 0.159 e. The quantitative estimate of drug-likeness (QED) is 0.765. The largest absolute Gasteiger partial charge is 0.241 e. The molecule has 0 saturated heterocycles. The summed E-state index contributed by atoms with van der Waals surface area (Å²) in [5.74, 6) is -1.32. The Morgan fingerprint density at radius 1 is 1.19 bits per heavy atom. The summed E-state index contributed by atoms with van der Waals surface area (Å²) in [4.78, 5) is 4.38. The number of thiazole rings is 1. The average molecular weight is 239 g/mol. The van der Waals surface area contributed by atoms with Crippen molar-refractivity contribution in [2.45, 2.75) is 19.8 Å². The fourth-order valence-corrected chi connectivity index (χ4v) is 2.19. The van der Waals surface area contributed by atoms with Gasteiger partial charge in [0.25, 0.3) is 0 Å². The molecule has 0 atom stereocenters. The Balaban J connectivity index is 2.39. The third-order valence-electron chi connectivity index (χ3n) is 2.23. The van der Waals surface area contributed by atoms with Gasteiger partial charge in [0.15, 0.2) is 11.6 Å². The van der Waals surface area contributed by atoms with Crippen molar-refractivity contribution < 1.29 is 8.78 Å². The second kappa shape index (κ2) is 4.29. The summed E-state index contributed by atoms with van der Waals surface area (Å²) in [5.41, 5.74) is 1.31. The Labute approximate surface area is 96.8 Å². The molecule has 0 spiro atoms. The molecule has 1 heterocycles. The van der Waals surface area contributed by atoms with Crippen LogP contribution in [0.25, 0.3) is 11.3 Å². The van der Waals surface area contributed by atoms with Crippen LogP contribution in [0.5, 0.6) is 0 Å². The number of benzene rings is 1. The van der Waals surface area contributed by atoms with E-state index in [2.05, 4.69) is 4.98 Å². The fraction of sp³-hybridized carbons (Fsp3) is 0.250. The van der Waals surface area contributed by atoms with Crippen LogP contribution < -0.4 is 0 Å². The molecule has 0 unspecified atom stereocenters. The molecule has 0 radical (unpaired) electrons. The van der Waals surface area contributed by atoms with E-state index in [1.54, 1.807) is 0 Å². The minimum atomic E-state index is -0.836.